The van der Waals surface area contributed by atoms with Crippen LogP contribution in [0.1, 0.15) is 25.3 Å². The third-order valence-electron chi connectivity index (χ3n) is 3.90. The minimum Gasteiger partial charge on any atom is -0.481 e. The fourth-order valence-electron chi connectivity index (χ4n) is 2.49. The number of likely N-dealkylation sites (tertiary alicyclic amines) is 1. The largest absolute Gasteiger partial charge is 0.481 e. The summed E-state index contributed by atoms with van der Waals surface area (Å²) in [6.45, 7) is 2.35. The minimum absolute atomic E-state index is 0.0981. The molecule has 0 spiro atoms. The van der Waals surface area contributed by atoms with Crippen LogP contribution in [-0.2, 0) is 15.0 Å². The number of aliphatic hydroxyl groups is 1. The molecule has 1 aliphatic heterocycles. The molecule has 1 fully saturated rings. The average Bonchev–Trinajstić information content (AvgIpc) is 2.86. The van der Waals surface area contributed by atoms with Gasteiger partial charge in [0, 0.05) is 19.5 Å². The van der Waals surface area contributed by atoms with E-state index in [4.69, 9.17) is 0 Å². The number of carbonyl (C=O) groups is 2. The highest BCUT2D eigenvalue weighted by Crippen LogP contribution is 2.29. The first-order chi connectivity index (χ1) is 9.43. The van der Waals surface area contributed by atoms with Gasteiger partial charge in [0.2, 0.25) is 5.91 Å². The molecule has 1 saturated heterocycles. The SMILES string of the molecule is CC(CC(=O)N1CC[C@H](O)C1)(C(=O)O)c1ccccc1. The van der Waals surface area contributed by atoms with Crippen LogP contribution >= 0.6 is 0 Å². The van der Waals surface area contributed by atoms with Crippen molar-refractivity contribution >= 4 is 11.9 Å². The van der Waals surface area contributed by atoms with Crippen molar-refractivity contribution in [3.05, 3.63) is 35.9 Å². The van der Waals surface area contributed by atoms with E-state index in [0.29, 0.717) is 25.1 Å². The summed E-state index contributed by atoms with van der Waals surface area (Å²) in [6.07, 6.45) is -0.0355. The number of carbonyl (C=O) groups excluding carboxylic acids is 1. The highest BCUT2D eigenvalue weighted by Gasteiger charge is 2.39. The van der Waals surface area contributed by atoms with Gasteiger partial charge in [-0.3, -0.25) is 9.59 Å². The lowest BCUT2D eigenvalue weighted by molar-refractivity contribution is -0.147. The zero-order valence-electron chi connectivity index (χ0n) is 11.5. The summed E-state index contributed by atoms with van der Waals surface area (Å²) in [5, 5.41) is 19.0. The fraction of sp³-hybridized carbons (Fsp3) is 0.467. The Bertz CT molecular complexity index is 502. The Hall–Kier alpha value is -1.88. The lowest BCUT2D eigenvalue weighted by atomic mass is 9.79. The van der Waals surface area contributed by atoms with Gasteiger partial charge in [0.15, 0.2) is 0 Å². The van der Waals surface area contributed by atoms with Gasteiger partial charge in [0.05, 0.1) is 11.5 Å². The molecule has 2 rings (SSSR count). The van der Waals surface area contributed by atoms with Gasteiger partial charge >= 0.3 is 5.97 Å². The summed E-state index contributed by atoms with van der Waals surface area (Å²) in [5.41, 5.74) is -0.632. The highest BCUT2D eigenvalue weighted by atomic mass is 16.4. The first-order valence-corrected chi connectivity index (χ1v) is 6.68. The number of carboxylic acids is 1. The molecular weight excluding hydrogens is 258 g/mol. The van der Waals surface area contributed by atoms with Gasteiger partial charge in [-0.25, -0.2) is 0 Å². The van der Waals surface area contributed by atoms with E-state index in [1.165, 1.54) is 4.90 Å². The molecule has 2 N–H and O–H groups in total. The molecule has 108 valence electrons. The molecule has 2 atom stereocenters. The van der Waals surface area contributed by atoms with Crippen LogP contribution in [0.4, 0.5) is 0 Å². The van der Waals surface area contributed by atoms with E-state index in [1.54, 1.807) is 31.2 Å². The molecule has 0 aromatic heterocycles. The van der Waals surface area contributed by atoms with Gasteiger partial charge in [0.25, 0.3) is 0 Å². The van der Waals surface area contributed by atoms with Crippen LogP contribution in [0.3, 0.4) is 0 Å². The Labute approximate surface area is 117 Å². The summed E-state index contributed by atoms with van der Waals surface area (Å²) < 4.78 is 0. The standard InChI is InChI=1S/C15H19NO4/c1-15(14(19)20,11-5-3-2-4-6-11)9-13(18)16-8-7-12(17)10-16/h2-6,12,17H,7-10H2,1H3,(H,19,20)/t12-,15?/m0/s1. The molecule has 1 heterocycles. The quantitative estimate of drug-likeness (QED) is 0.861. The maximum atomic E-state index is 12.2. The number of aliphatic carboxylic acids is 1. The van der Waals surface area contributed by atoms with E-state index in [1.807, 2.05) is 6.07 Å². The number of aliphatic hydroxyl groups excluding tert-OH is 1. The van der Waals surface area contributed by atoms with Crippen LogP contribution in [0.2, 0.25) is 0 Å². The first kappa shape index (κ1) is 14.5. The van der Waals surface area contributed by atoms with Gasteiger partial charge < -0.3 is 15.1 Å². The third-order valence-corrected chi connectivity index (χ3v) is 3.90. The second-order valence-corrected chi connectivity index (χ2v) is 5.46. The smallest absolute Gasteiger partial charge is 0.314 e. The summed E-state index contributed by atoms with van der Waals surface area (Å²) in [7, 11) is 0. The van der Waals surface area contributed by atoms with Crippen molar-refractivity contribution in [3.63, 3.8) is 0 Å². The Kier molecular flexibility index (Phi) is 4.09. The fourth-order valence-corrected chi connectivity index (χ4v) is 2.49. The third kappa shape index (κ3) is 2.82. The molecule has 0 aliphatic carbocycles. The van der Waals surface area contributed by atoms with E-state index in [2.05, 4.69) is 0 Å². The molecular formula is C15H19NO4. The normalized spacial score (nSPS) is 21.5. The average molecular weight is 277 g/mol. The van der Waals surface area contributed by atoms with E-state index >= 15 is 0 Å². The van der Waals surface area contributed by atoms with Crippen molar-refractivity contribution < 1.29 is 19.8 Å². The summed E-state index contributed by atoms with van der Waals surface area (Å²) in [6, 6.07) is 8.78. The van der Waals surface area contributed by atoms with Crippen molar-refractivity contribution in [2.75, 3.05) is 13.1 Å². The molecule has 0 saturated carbocycles. The number of hydrogen-bond acceptors (Lipinski definition) is 3. The van der Waals surface area contributed by atoms with Gasteiger partial charge in [-0.15, -0.1) is 0 Å². The van der Waals surface area contributed by atoms with Gasteiger partial charge in [-0.05, 0) is 18.9 Å². The summed E-state index contributed by atoms with van der Waals surface area (Å²) >= 11 is 0. The van der Waals surface area contributed by atoms with E-state index < -0.39 is 17.5 Å². The van der Waals surface area contributed by atoms with Gasteiger partial charge in [0.1, 0.15) is 0 Å². The highest BCUT2D eigenvalue weighted by molar-refractivity contribution is 5.89. The zero-order valence-corrected chi connectivity index (χ0v) is 11.5. The van der Waals surface area contributed by atoms with Crippen LogP contribution in [0.5, 0.6) is 0 Å². The summed E-state index contributed by atoms with van der Waals surface area (Å²) in [4.78, 5) is 25.4. The predicted octanol–water partition coefficient (Wildman–Crippen LogP) is 1.01. The number of rotatable bonds is 4. The van der Waals surface area contributed by atoms with Crippen molar-refractivity contribution in [1.82, 2.24) is 4.90 Å². The second-order valence-electron chi connectivity index (χ2n) is 5.46. The van der Waals surface area contributed by atoms with Crippen LogP contribution < -0.4 is 0 Å². The topological polar surface area (TPSA) is 77.8 Å². The Morgan fingerprint density at radius 2 is 2.00 bits per heavy atom. The number of hydrogen-bond donors (Lipinski definition) is 2. The lowest BCUT2D eigenvalue weighted by Crippen LogP contribution is -2.40. The molecule has 1 amide bonds. The minimum atomic E-state index is -1.24. The molecule has 1 aliphatic rings. The Morgan fingerprint density at radius 1 is 1.35 bits per heavy atom. The monoisotopic (exact) mass is 277 g/mol. The van der Waals surface area contributed by atoms with Crippen LogP contribution in [0.25, 0.3) is 0 Å². The Morgan fingerprint density at radius 3 is 2.50 bits per heavy atom. The molecule has 5 heteroatoms. The maximum absolute atomic E-state index is 12.2. The zero-order chi connectivity index (χ0) is 14.8. The molecule has 0 radical (unpaired) electrons. The number of carboxylic acid groups (broad SMARTS) is 1. The molecule has 1 unspecified atom stereocenters. The summed E-state index contributed by atoms with van der Waals surface area (Å²) in [5.74, 6) is -1.24. The predicted molar refractivity (Wildman–Crippen MR) is 73.3 cm³/mol. The van der Waals surface area contributed by atoms with Crippen molar-refractivity contribution in [1.29, 1.82) is 0 Å². The number of benzene rings is 1. The number of amides is 1. The van der Waals surface area contributed by atoms with Crippen LogP contribution in [-0.4, -0.2) is 46.2 Å². The Balaban J connectivity index is 2.18. The van der Waals surface area contributed by atoms with Crippen molar-refractivity contribution in [2.45, 2.75) is 31.3 Å². The van der Waals surface area contributed by atoms with E-state index in [-0.39, 0.29) is 12.3 Å². The van der Waals surface area contributed by atoms with Crippen LogP contribution in [0, 0.1) is 0 Å². The van der Waals surface area contributed by atoms with Crippen molar-refractivity contribution in [3.8, 4) is 0 Å². The van der Waals surface area contributed by atoms with Crippen molar-refractivity contribution in [2.24, 2.45) is 0 Å². The second kappa shape index (κ2) is 5.63. The lowest BCUT2D eigenvalue weighted by Gasteiger charge is -2.27. The molecule has 0 bridgehead atoms. The van der Waals surface area contributed by atoms with Gasteiger partial charge in [-0.2, -0.15) is 0 Å². The molecule has 1 aromatic carbocycles. The molecule has 5 nitrogen and oxygen atoms in total. The number of nitrogens with zero attached hydrogens (tertiary/aromatic N) is 1. The molecule has 20 heavy (non-hydrogen) atoms. The van der Waals surface area contributed by atoms with Crippen LogP contribution in [0.15, 0.2) is 30.3 Å². The van der Waals surface area contributed by atoms with E-state index in [9.17, 15) is 19.8 Å². The van der Waals surface area contributed by atoms with E-state index in [0.717, 1.165) is 0 Å². The maximum Gasteiger partial charge on any atom is 0.314 e. The number of β-amino-alcohol motifs (C(OH)–C–C–N with tert-alkyl or cyclic N) is 1. The first-order valence-electron chi connectivity index (χ1n) is 6.68. The molecule has 1 aromatic rings. The van der Waals surface area contributed by atoms with Gasteiger partial charge in [-0.1, -0.05) is 30.3 Å².